The Bertz CT molecular complexity index is 406. The average molecular weight is 246 g/mol. The van der Waals surface area contributed by atoms with Crippen LogP contribution in [0, 0.1) is 0 Å². The average Bonchev–Trinajstić information content (AvgIpc) is 2.30. The number of hydrogen-bond donors (Lipinski definition) is 1. The Balaban J connectivity index is 2.83. The fraction of sp³-hybridized carbons (Fsp3) is 0.600. The first kappa shape index (κ1) is 13.0. The molecular formula is C10H16ClN3O2. The zero-order chi connectivity index (χ0) is 12.1. The number of aryl methyl sites for hydroxylation is 1. The molecule has 1 atom stereocenters. The van der Waals surface area contributed by atoms with Crippen molar-refractivity contribution in [2.75, 3.05) is 19.0 Å². The van der Waals surface area contributed by atoms with E-state index in [2.05, 4.69) is 10.4 Å². The van der Waals surface area contributed by atoms with Crippen molar-refractivity contribution in [3.63, 3.8) is 0 Å². The number of rotatable bonds is 5. The zero-order valence-electron chi connectivity index (χ0n) is 9.66. The highest BCUT2D eigenvalue weighted by molar-refractivity contribution is 6.32. The summed E-state index contributed by atoms with van der Waals surface area (Å²) in [6.07, 6.45) is 1.60. The number of nitrogens with zero attached hydrogens (tertiary/aromatic N) is 2. The Morgan fingerprint density at radius 3 is 2.94 bits per heavy atom. The van der Waals surface area contributed by atoms with Gasteiger partial charge in [-0.15, -0.1) is 0 Å². The normalized spacial score (nSPS) is 12.5. The summed E-state index contributed by atoms with van der Waals surface area (Å²) in [5.74, 6) is 0. The van der Waals surface area contributed by atoms with Gasteiger partial charge in [0.05, 0.1) is 18.0 Å². The molecule has 1 heterocycles. The van der Waals surface area contributed by atoms with Gasteiger partial charge in [-0.05, 0) is 13.8 Å². The van der Waals surface area contributed by atoms with Gasteiger partial charge in [0.15, 0.2) is 0 Å². The van der Waals surface area contributed by atoms with Crippen molar-refractivity contribution in [3.05, 3.63) is 21.6 Å². The van der Waals surface area contributed by atoms with E-state index in [1.807, 2.05) is 13.8 Å². The Morgan fingerprint density at radius 1 is 1.69 bits per heavy atom. The van der Waals surface area contributed by atoms with Crippen molar-refractivity contribution in [1.82, 2.24) is 9.78 Å². The van der Waals surface area contributed by atoms with Crippen LogP contribution in [-0.2, 0) is 11.3 Å². The zero-order valence-corrected chi connectivity index (χ0v) is 10.4. The molecule has 1 aromatic rings. The van der Waals surface area contributed by atoms with E-state index in [1.54, 1.807) is 13.3 Å². The predicted octanol–water partition coefficient (Wildman–Crippen LogP) is 1.36. The third-order valence-electron chi connectivity index (χ3n) is 2.27. The summed E-state index contributed by atoms with van der Waals surface area (Å²) < 4.78 is 6.39. The highest BCUT2D eigenvalue weighted by atomic mass is 35.5. The summed E-state index contributed by atoms with van der Waals surface area (Å²) in [6, 6.07) is 0. The summed E-state index contributed by atoms with van der Waals surface area (Å²) in [7, 11) is 1.63. The van der Waals surface area contributed by atoms with Crippen LogP contribution in [0.3, 0.4) is 0 Å². The van der Waals surface area contributed by atoms with Crippen LogP contribution in [0.5, 0.6) is 0 Å². The van der Waals surface area contributed by atoms with Crippen molar-refractivity contribution in [2.45, 2.75) is 26.5 Å². The maximum Gasteiger partial charge on any atom is 0.287 e. The minimum absolute atomic E-state index is 0.0460. The van der Waals surface area contributed by atoms with Crippen LogP contribution in [0.4, 0.5) is 5.69 Å². The van der Waals surface area contributed by atoms with Crippen LogP contribution in [0.1, 0.15) is 13.8 Å². The Kier molecular flexibility index (Phi) is 4.76. The molecule has 0 bridgehead atoms. The molecule has 5 nitrogen and oxygen atoms in total. The number of anilines is 1. The lowest BCUT2D eigenvalue weighted by atomic mass is 10.3. The van der Waals surface area contributed by atoms with E-state index in [0.29, 0.717) is 18.8 Å². The predicted molar refractivity (Wildman–Crippen MR) is 64.1 cm³/mol. The van der Waals surface area contributed by atoms with Crippen LogP contribution in [0.15, 0.2) is 11.0 Å². The first-order valence-corrected chi connectivity index (χ1v) is 5.50. The fourth-order valence-corrected chi connectivity index (χ4v) is 1.36. The summed E-state index contributed by atoms with van der Waals surface area (Å²) in [5.41, 5.74) is 0.263. The Hall–Kier alpha value is -1.07. The quantitative estimate of drug-likeness (QED) is 0.851. The van der Waals surface area contributed by atoms with Crippen molar-refractivity contribution in [2.24, 2.45) is 0 Å². The Labute approximate surface area is 99.4 Å². The van der Waals surface area contributed by atoms with Gasteiger partial charge in [-0.2, -0.15) is 5.10 Å². The van der Waals surface area contributed by atoms with Crippen molar-refractivity contribution in [1.29, 1.82) is 0 Å². The molecule has 0 saturated heterocycles. The van der Waals surface area contributed by atoms with Crippen LogP contribution in [-0.4, -0.2) is 29.5 Å². The first-order valence-electron chi connectivity index (χ1n) is 5.12. The smallest absolute Gasteiger partial charge is 0.287 e. The molecular weight excluding hydrogens is 230 g/mol. The van der Waals surface area contributed by atoms with Crippen molar-refractivity contribution < 1.29 is 4.74 Å². The lowest BCUT2D eigenvalue weighted by Gasteiger charge is -2.13. The molecule has 0 radical (unpaired) electrons. The monoisotopic (exact) mass is 245 g/mol. The molecule has 6 heteroatoms. The fourth-order valence-electron chi connectivity index (χ4n) is 1.15. The van der Waals surface area contributed by atoms with Crippen molar-refractivity contribution in [3.8, 4) is 0 Å². The summed E-state index contributed by atoms with van der Waals surface area (Å²) in [6.45, 7) is 4.84. The molecule has 0 aliphatic heterocycles. The minimum Gasteiger partial charge on any atom is -0.380 e. The largest absolute Gasteiger partial charge is 0.380 e. The molecule has 1 unspecified atom stereocenters. The summed E-state index contributed by atoms with van der Waals surface area (Å²) >= 11 is 5.93. The standard InChI is InChI=1S/C10H16ClN3O2/c1-4-14-10(15)9(11)8(6-13-14)12-5-7(2)16-3/h6-7,12H,4-5H2,1-3H3. The van der Waals surface area contributed by atoms with Crippen LogP contribution >= 0.6 is 11.6 Å². The highest BCUT2D eigenvalue weighted by Crippen LogP contribution is 2.15. The van der Waals surface area contributed by atoms with E-state index in [1.165, 1.54) is 4.68 Å². The minimum atomic E-state index is -0.278. The van der Waals surface area contributed by atoms with E-state index in [9.17, 15) is 4.79 Å². The van der Waals surface area contributed by atoms with E-state index in [0.717, 1.165) is 0 Å². The van der Waals surface area contributed by atoms with Gasteiger partial charge in [0.2, 0.25) is 0 Å². The van der Waals surface area contributed by atoms with Crippen LogP contribution in [0.25, 0.3) is 0 Å². The van der Waals surface area contributed by atoms with Gasteiger partial charge >= 0.3 is 0 Å². The first-order chi connectivity index (χ1) is 7.60. The lowest BCUT2D eigenvalue weighted by Crippen LogP contribution is -2.25. The number of aromatic nitrogens is 2. The van der Waals surface area contributed by atoms with Gasteiger partial charge in [-0.25, -0.2) is 4.68 Å². The summed E-state index contributed by atoms with van der Waals surface area (Å²) in [4.78, 5) is 11.6. The molecule has 1 aromatic heterocycles. The molecule has 0 fully saturated rings. The molecule has 16 heavy (non-hydrogen) atoms. The number of nitrogens with one attached hydrogen (secondary N) is 1. The molecule has 0 spiro atoms. The molecule has 0 saturated carbocycles. The second-order valence-corrected chi connectivity index (χ2v) is 3.80. The van der Waals surface area contributed by atoms with Gasteiger partial charge in [0, 0.05) is 20.2 Å². The van der Waals surface area contributed by atoms with Crippen molar-refractivity contribution >= 4 is 17.3 Å². The maximum absolute atomic E-state index is 11.6. The molecule has 90 valence electrons. The van der Waals surface area contributed by atoms with E-state index in [-0.39, 0.29) is 16.7 Å². The SMILES string of the molecule is CCn1ncc(NCC(C)OC)c(Cl)c1=O. The van der Waals surface area contributed by atoms with Gasteiger partial charge in [0.1, 0.15) is 5.02 Å². The van der Waals surface area contributed by atoms with Gasteiger partial charge < -0.3 is 10.1 Å². The number of ether oxygens (including phenoxy) is 1. The second kappa shape index (κ2) is 5.86. The molecule has 0 aromatic carbocycles. The summed E-state index contributed by atoms with van der Waals surface area (Å²) in [5, 5.41) is 7.17. The molecule has 0 aliphatic carbocycles. The van der Waals surface area contributed by atoms with E-state index < -0.39 is 0 Å². The van der Waals surface area contributed by atoms with Crippen LogP contribution in [0.2, 0.25) is 5.02 Å². The third-order valence-corrected chi connectivity index (χ3v) is 2.63. The Morgan fingerprint density at radius 2 is 2.38 bits per heavy atom. The van der Waals surface area contributed by atoms with E-state index in [4.69, 9.17) is 16.3 Å². The van der Waals surface area contributed by atoms with Gasteiger partial charge in [-0.3, -0.25) is 4.79 Å². The maximum atomic E-state index is 11.6. The topological polar surface area (TPSA) is 56.1 Å². The van der Waals surface area contributed by atoms with E-state index >= 15 is 0 Å². The van der Waals surface area contributed by atoms with Crippen LogP contribution < -0.4 is 10.9 Å². The molecule has 1 rings (SSSR count). The number of halogens is 1. The third kappa shape index (κ3) is 2.96. The number of hydrogen-bond acceptors (Lipinski definition) is 4. The second-order valence-electron chi connectivity index (χ2n) is 3.42. The molecule has 0 amide bonds. The molecule has 0 aliphatic rings. The highest BCUT2D eigenvalue weighted by Gasteiger charge is 2.08. The number of methoxy groups -OCH3 is 1. The van der Waals surface area contributed by atoms with Gasteiger partial charge in [0.25, 0.3) is 5.56 Å². The molecule has 1 N–H and O–H groups in total. The van der Waals surface area contributed by atoms with Gasteiger partial charge in [-0.1, -0.05) is 11.6 Å². The lowest BCUT2D eigenvalue weighted by molar-refractivity contribution is 0.129.